The monoisotopic (exact) mass is 280 g/mol. The molecular weight excluding hydrogens is 268 g/mol. The van der Waals surface area contributed by atoms with Gasteiger partial charge < -0.3 is 10.5 Å². The van der Waals surface area contributed by atoms with E-state index >= 15 is 0 Å². The molecule has 2 N–H and O–H groups in total. The average Bonchev–Trinajstić information content (AvgIpc) is 2.67. The standard InChI is InChI=1S/C12H13BrN2O/c13-11-5-8(7-14)1-4-12(11)16-10-3-2-9(15)6-10/h1,4-5,9-10H,2-3,6,15H2. The van der Waals surface area contributed by atoms with Crippen molar-refractivity contribution in [3.8, 4) is 11.8 Å². The van der Waals surface area contributed by atoms with E-state index in [1.807, 2.05) is 6.07 Å². The highest BCUT2D eigenvalue weighted by Crippen LogP contribution is 2.30. The van der Waals surface area contributed by atoms with Crippen LogP contribution in [-0.4, -0.2) is 12.1 Å². The molecule has 0 bridgehead atoms. The van der Waals surface area contributed by atoms with Crippen LogP contribution in [0.25, 0.3) is 0 Å². The van der Waals surface area contributed by atoms with Gasteiger partial charge in [-0.05, 0) is 53.4 Å². The SMILES string of the molecule is N#Cc1ccc(OC2CCC(N)C2)c(Br)c1. The molecule has 0 aliphatic heterocycles. The zero-order chi connectivity index (χ0) is 11.5. The Bertz CT molecular complexity index is 428. The van der Waals surface area contributed by atoms with Gasteiger partial charge in [-0.2, -0.15) is 5.26 Å². The van der Waals surface area contributed by atoms with Crippen LogP contribution in [0.4, 0.5) is 0 Å². The summed E-state index contributed by atoms with van der Waals surface area (Å²) in [4.78, 5) is 0. The summed E-state index contributed by atoms with van der Waals surface area (Å²) in [7, 11) is 0. The number of benzene rings is 1. The highest BCUT2D eigenvalue weighted by molar-refractivity contribution is 9.10. The molecule has 0 spiro atoms. The Hall–Kier alpha value is -1.05. The lowest BCUT2D eigenvalue weighted by atomic mass is 10.2. The van der Waals surface area contributed by atoms with Crippen molar-refractivity contribution in [3.05, 3.63) is 28.2 Å². The molecule has 1 fully saturated rings. The fourth-order valence-corrected chi connectivity index (χ4v) is 2.40. The minimum absolute atomic E-state index is 0.208. The van der Waals surface area contributed by atoms with Crippen molar-refractivity contribution in [3.63, 3.8) is 0 Å². The normalized spacial score (nSPS) is 24.1. The van der Waals surface area contributed by atoms with Crippen LogP contribution in [0.3, 0.4) is 0 Å². The summed E-state index contributed by atoms with van der Waals surface area (Å²) in [5.74, 6) is 0.790. The summed E-state index contributed by atoms with van der Waals surface area (Å²) in [5, 5.41) is 8.74. The van der Waals surface area contributed by atoms with Crippen LogP contribution in [0.5, 0.6) is 5.75 Å². The third-order valence-electron chi connectivity index (χ3n) is 2.78. The molecule has 2 rings (SSSR count). The second-order valence-corrected chi connectivity index (χ2v) is 4.92. The molecular formula is C12H13BrN2O. The fourth-order valence-electron chi connectivity index (χ4n) is 1.93. The first kappa shape index (κ1) is 11.4. The van der Waals surface area contributed by atoms with Crippen LogP contribution in [0, 0.1) is 11.3 Å². The predicted molar refractivity (Wildman–Crippen MR) is 65.1 cm³/mol. The first-order chi connectivity index (χ1) is 7.69. The first-order valence-electron chi connectivity index (χ1n) is 5.31. The summed E-state index contributed by atoms with van der Waals surface area (Å²) in [6.07, 6.45) is 3.15. The lowest BCUT2D eigenvalue weighted by molar-refractivity contribution is 0.207. The second-order valence-electron chi connectivity index (χ2n) is 4.07. The highest BCUT2D eigenvalue weighted by Gasteiger charge is 2.23. The van der Waals surface area contributed by atoms with E-state index in [-0.39, 0.29) is 12.1 Å². The van der Waals surface area contributed by atoms with Crippen LogP contribution >= 0.6 is 15.9 Å². The number of halogens is 1. The van der Waals surface area contributed by atoms with Crippen molar-refractivity contribution in [2.24, 2.45) is 5.73 Å². The maximum absolute atomic E-state index is 8.74. The Kier molecular flexibility index (Phi) is 3.47. The van der Waals surface area contributed by atoms with Crippen molar-refractivity contribution in [1.29, 1.82) is 5.26 Å². The number of hydrogen-bond acceptors (Lipinski definition) is 3. The summed E-state index contributed by atoms with van der Waals surface area (Å²) in [6, 6.07) is 7.71. The van der Waals surface area contributed by atoms with Gasteiger partial charge in [0, 0.05) is 6.04 Å². The Labute approximate surface area is 103 Å². The minimum Gasteiger partial charge on any atom is -0.489 e. The second kappa shape index (κ2) is 4.86. The molecule has 2 atom stereocenters. The molecule has 0 radical (unpaired) electrons. The fraction of sp³-hybridized carbons (Fsp3) is 0.417. The predicted octanol–water partition coefficient (Wildman–Crippen LogP) is 2.58. The van der Waals surface area contributed by atoms with Crippen molar-refractivity contribution in [2.45, 2.75) is 31.4 Å². The molecule has 16 heavy (non-hydrogen) atoms. The van der Waals surface area contributed by atoms with E-state index in [2.05, 4.69) is 22.0 Å². The molecule has 1 aliphatic carbocycles. The number of nitriles is 1. The van der Waals surface area contributed by atoms with Gasteiger partial charge in [0.2, 0.25) is 0 Å². The third kappa shape index (κ3) is 2.55. The zero-order valence-corrected chi connectivity index (χ0v) is 10.4. The minimum atomic E-state index is 0.208. The van der Waals surface area contributed by atoms with E-state index in [0.29, 0.717) is 5.56 Å². The molecule has 0 amide bonds. The van der Waals surface area contributed by atoms with Gasteiger partial charge in [-0.3, -0.25) is 0 Å². The van der Waals surface area contributed by atoms with E-state index < -0.39 is 0 Å². The Morgan fingerprint density at radius 1 is 1.44 bits per heavy atom. The van der Waals surface area contributed by atoms with Gasteiger partial charge in [0.25, 0.3) is 0 Å². The lowest BCUT2D eigenvalue weighted by Crippen LogP contribution is -2.19. The molecule has 84 valence electrons. The zero-order valence-electron chi connectivity index (χ0n) is 8.82. The molecule has 0 saturated heterocycles. The molecule has 1 saturated carbocycles. The van der Waals surface area contributed by atoms with Gasteiger partial charge >= 0.3 is 0 Å². The van der Waals surface area contributed by atoms with Crippen LogP contribution in [-0.2, 0) is 0 Å². The molecule has 0 heterocycles. The Balaban J connectivity index is 2.08. The molecule has 1 aromatic rings. The quantitative estimate of drug-likeness (QED) is 0.906. The van der Waals surface area contributed by atoms with Gasteiger partial charge in [0.05, 0.1) is 16.1 Å². The lowest BCUT2D eigenvalue weighted by Gasteiger charge is -2.14. The van der Waals surface area contributed by atoms with Crippen molar-refractivity contribution >= 4 is 15.9 Å². The van der Waals surface area contributed by atoms with Crippen molar-refractivity contribution in [1.82, 2.24) is 0 Å². The van der Waals surface area contributed by atoms with Crippen LogP contribution in [0.1, 0.15) is 24.8 Å². The third-order valence-corrected chi connectivity index (χ3v) is 3.40. The molecule has 1 aromatic carbocycles. The van der Waals surface area contributed by atoms with Crippen LogP contribution in [0.2, 0.25) is 0 Å². The van der Waals surface area contributed by atoms with E-state index in [0.717, 1.165) is 29.5 Å². The van der Waals surface area contributed by atoms with Crippen molar-refractivity contribution in [2.75, 3.05) is 0 Å². The summed E-state index contributed by atoms with van der Waals surface area (Å²) < 4.78 is 6.67. The number of ether oxygens (including phenoxy) is 1. The summed E-state index contributed by atoms with van der Waals surface area (Å²) in [5.41, 5.74) is 6.45. The van der Waals surface area contributed by atoms with E-state index in [1.165, 1.54) is 0 Å². The van der Waals surface area contributed by atoms with Crippen molar-refractivity contribution < 1.29 is 4.74 Å². The molecule has 4 heteroatoms. The maximum atomic E-state index is 8.74. The highest BCUT2D eigenvalue weighted by atomic mass is 79.9. The number of rotatable bonds is 2. The molecule has 1 aliphatic rings. The van der Waals surface area contributed by atoms with E-state index in [4.69, 9.17) is 15.7 Å². The summed E-state index contributed by atoms with van der Waals surface area (Å²) in [6.45, 7) is 0. The van der Waals surface area contributed by atoms with E-state index in [1.54, 1.807) is 12.1 Å². The van der Waals surface area contributed by atoms with Gasteiger partial charge in [0.15, 0.2) is 0 Å². The van der Waals surface area contributed by atoms with Gasteiger partial charge in [0.1, 0.15) is 11.9 Å². The van der Waals surface area contributed by atoms with Gasteiger partial charge in [-0.1, -0.05) is 0 Å². The Morgan fingerprint density at radius 2 is 2.25 bits per heavy atom. The van der Waals surface area contributed by atoms with Crippen LogP contribution in [0.15, 0.2) is 22.7 Å². The molecule has 0 aromatic heterocycles. The largest absolute Gasteiger partial charge is 0.489 e. The van der Waals surface area contributed by atoms with E-state index in [9.17, 15) is 0 Å². The van der Waals surface area contributed by atoms with Crippen LogP contribution < -0.4 is 10.5 Å². The summed E-state index contributed by atoms with van der Waals surface area (Å²) >= 11 is 3.40. The smallest absolute Gasteiger partial charge is 0.133 e. The average molecular weight is 281 g/mol. The molecule has 3 nitrogen and oxygen atoms in total. The van der Waals surface area contributed by atoms with Gasteiger partial charge in [-0.15, -0.1) is 0 Å². The first-order valence-corrected chi connectivity index (χ1v) is 6.10. The number of nitrogens with zero attached hydrogens (tertiary/aromatic N) is 1. The topological polar surface area (TPSA) is 59.0 Å². The number of hydrogen-bond donors (Lipinski definition) is 1. The molecule has 2 unspecified atom stereocenters. The van der Waals surface area contributed by atoms with Gasteiger partial charge in [-0.25, -0.2) is 0 Å². The number of nitrogens with two attached hydrogens (primary N) is 1. The maximum Gasteiger partial charge on any atom is 0.133 e. The Morgan fingerprint density at radius 3 is 2.81 bits per heavy atom.